The number of nitrogens with zero attached hydrogens (tertiary/aromatic N) is 3. The van der Waals surface area contributed by atoms with Crippen molar-refractivity contribution in [2.45, 2.75) is 19.5 Å². The maximum absolute atomic E-state index is 13.4. The van der Waals surface area contributed by atoms with E-state index < -0.39 is 0 Å². The van der Waals surface area contributed by atoms with Gasteiger partial charge in [0.1, 0.15) is 18.0 Å². The van der Waals surface area contributed by atoms with Gasteiger partial charge in [-0.3, -0.25) is 0 Å². The second-order valence-corrected chi connectivity index (χ2v) is 3.81. The molecule has 4 nitrogen and oxygen atoms in total. The number of benzene rings is 1. The van der Waals surface area contributed by atoms with E-state index in [2.05, 4.69) is 15.5 Å². The highest BCUT2D eigenvalue weighted by atomic mass is 19.1. The molecule has 0 aliphatic rings. The molecule has 0 atom stereocenters. The maximum atomic E-state index is 13.4. The predicted octanol–water partition coefficient (Wildman–Crippen LogP) is 1.38. The molecule has 0 fully saturated rings. The lowest BCUT2D eigenvalue weighted by Gasteiger charge is -2.06. The van der Waals surface area contributed by atoms with Crippen molar-refractivity contribution >= 4 is 0 Å². The number of nitrogens with one attached hydrogen (secondary N) is 1. The first-order valence-corrected chi connectivity index (χ1v) is 5.56. The van der Waals surface area contributed by atoms with Crippen molar-refractivity contribution in [3.05, 3.63) is 47.8 Å². The molecule has 0 saturated carbocycles. The average Bonchev–Trinajstić information content (AvgIpc) is 2.76. The molecule has 1 aromatic carbocycles. The molecule has 1 heterocycles. The summed E-state index contributed by atoms with van der Waals surface area (Å²) in [6.07, 6.45) is 2.31. The molecule has 1 aromatic heterocycles. The molecule has 0 amide bonds. The minimum atomic E-state index is -0.157. The largest absolute Gasteiger partial charge is 0.316 e. The van der Waals surface area contributed by atoms with Gasteiger partial charge in [-0.1, -0.05) is 18.2 Å². The van der Waals surface area contributed by atoms with Crippen LogP contribution in [0, 0.1) is 5.82 Å². The van der Waals surface area contributed by atoms with Gasteiger partial charge in [-0.25, -0.2) is 4.39 Å². The Morgan fingerprint density at radius 1 is 1.35 bits per heavy atom. The quantitative estimate of drug-likeness (QED) is 0.850. The van der Waals surface area contributed by atoms with Gasteiger partial charge in [0.2, 0.25) is 0 Å². The third kappa shape index (κ3) is 2.88. The number of aromatic nitrogens is 3. The van der Waals surface area contributed by atoms with Crippen molar-refractivity contribution in [3.63, 3.8) is 0 Å². The van der Waals surface area contributed by atoms with E-state index in [1.54, 1.807) is 18.5 Å². The van der Waals surface area contributed by atoms with Crippen molar-refractivity contribution in [2.24, 2.45) is 0 Å². The molecule has 1 N–H and O–H groups in total. The Morgan fingerprint density at radius 2 is 2.18 bits per heavy atom. The van der Waals surface area contributed by atoms with Gasteiger partial charge in [0.15, 0.2) is 0 Å². The van der Waals surface area contributed by atoms with Gasteiger partial charge >= 0.3 is 0 Å². The summed E-state index contributed by atoms with van der Waals surface area (Å²) in [6, 6.07) is 6.83. The van der Waals surface area contributed by atoms with Crippen LogP contribution in [0.1, 0.15) is 11.4 Å². The van der Waals surface area contributed by atoms with Crippen LogP contribution in [-0.4, -0.2) is 21.8 Å². The van der Waals surface area contributed by atoms with Gasteiger partial charge in [-0.15, -0.1) is 10.2 Å². The summed E-state index contributed by atoms with van der Waals surface area (Å²) in [5, 5.41) is 10.9. The molecular formula is C12H15FN4. The molecule has 0 bridgehead atoms. The second kappa shape index (κ2) is 5.54. The van der Waals surface area contributed by atoms with E-state index in [1.165, 1.54) is 6.07 Å². The summed E-state index contributed by atoms with van der Waals surface area (Å²) in [7, 11) is 1.86. The van der Waals surface area contributed by atoms with Crippen LogP contribution in [0.2, 0.25) is 0 Å². The maximum Gasteiger partial charge on any atom is 0.146 e. The molecular weight excluding hydrogens is 219 g/mol. The summed E-state index contributed by atoms with van der Waals surface area (Å²) in [6.45, 7) is 1.35. The lowest BCUT2D eigenvalue weighted by Crippen LogP contribution is -2.13. The molecule has 0 saturated heterocycles. The van der Waals surface area contributed by atoms with E-state index in [0.717, 1.165) is 11.4 Å². The summed E-state index contributed by atoms with van der Waals surface area (Å²) in [4.78, 5) is 0. The van der Waals surface area contributed by atoms with E-state index in [-0.39, 0.29) is 5.82 Å². The Hall–Kier alpha value is -1.75. The number of halogens is 1. The lowest BCUT2D eigenvalue weighted by molar-refractivity contribution is 0.580. The number of hydrogen-bond acceptors (Lipinski definition) is 3. The molecule has 5 heteroatoms. The van der Waals surface area contributed by atoms with Crippen molar-refractivity contribution in [1.29, 1.82) is 0 Å². The molecule has 0 unspecified atom stereocenters. The Bertz CT molecular complexity index is 481. The van der Waals surface area contributed by atoms with Crippen LogP contribution < -0.4 is 5.32 Å². The summed E-state index contributed by atoms with van der Waals surface area (Å²) < 4.78 is 15.3. The fourth-order valence-electron chi connectivity index (χ4n) is 1.70. The number of aryl methyl sites for hydroxylation is 2. The topological polar surface area (TPSA) is 42.7 Å². The predicted molar refractivity (Wildman–Crippen MR) is 62.9 cm³/mol. The Kier molecular flexibility index (Phi) is 3.82. The molecule has 90 valence electrons. The van der Waals surface area contributed by atoms with Gasteiger partial charge in [-0.2, -0.15) is 0 Å². The third-order valence-corrected chi connectivity index (χ3v) is 2.61. The van der Waals surface area contributed by atoms with E-state index in [0.29, 0.717) is 19.5 Å². The highest BCUT2D eigenvalue weighted by Gasteiger charge is 2.05. The molecule has 0 spiro atoms. The van der Waals surface area contributed by atoms with Crippen LogP contribution in [-0.2, 0) is 19.5 Å². The lowest BCUT2D eigenvalue weighted by atomic mass is 10.1. The van der Waals surface area contributed by atoms with Gasteiger partial charge in [0.25, 0.3) is 0 Å². The van der Waals surface area contributed by atoms with E-state index in [4.69, 9.17) is 0 Å². The van der Waals surface area contributed by atoms with E-state index in [9.17, 15) is 4.39 Å². The summed E-state index contributed by atoms with van der Waals surface area (Å²) >= 11 is 0. The Morgan fingerprint density at radius 3 is 2.94 bits per heavy atom. The summed E-state index contributed by atoms with van der Waals surface area (Å²) in [5.74, 6) is 0.708. The molecule has 2 rings (SSSR count). The first kappa shape index (κ1) is 11.7. The zero-order chi connectivity index (χ0) is 12.1. The molecule has 0 radical (unpaired) electrons. The zero-order valence-corrected chi connectivity index (χ0v) is 9.73. The molecule has 2 aromatic rings. The SMILES string of the molecule is CNCc1nncn1CCc1ccccc1F. The van der Waals surface area contributed by atoms with Crippen molar-refractivity contribution in [2.75, 3.05) is 7.05 Å². The third-order valence-electron chi connectivity index (χ3n) is 2.61. The van der Waals surface area contributed by atoms with Crippen LogP contribution in [0.25, 0.3) is 0 Å². The van der Waals surface area contributed by atoms with Gasteiger partial charge in [0, 0.05) is 6.54 Å². The smallest absolute Gasteiger partial charge is 0.146 e. The van der Waals surface area contributed by atoms with Crippen LogP contribution in [0.4, 0.5) is 4.39 Å². The van der Waals surface area contributed by atoms with Crippen LogP contribution in [0.15, 0.2) is 30.6 Å². The van der Waals surface area contributed by atoms with Gasteiger partial charge in [0.05, 0.1) is 6.54 Å². The van der Waals surface area contributed by atoms with Crippen LogP contribution >= 0.6 is 0 Å². The number of hydrogen-bond donors (Lipinski definition) is 1. The molecule has 0 aliphatic heterocycles. The second-order valence-electron chi connectivity index (χ2n) is 3.81. The summed E-state index contributed by atoms with van der Waals surface area (Å²) in [5.41, 5.74) is 0.719. The van der Waals surface area contributed by atoms with Crippen LogP contribution in [0.5, 0.6) is 0 Å². The Labute approximate surface area is 99.5 Å². The van der Waals surface area contributed by atoms with Gasteiger partial charge in [-0.05, 0) is 25.1 Å². The average molecular weight is 234 g/mol. The monoisotopic (exact) mass is 234 g/mol. The molecule has 0 aliphatic carbocycles. The number of rotatable bonds is 5. The first-order valence-electron chi connectivity index (χ1n) is 5.56. The van der Waals surface area contributed by atoms with E-state index >= 15 is 0 Å². The van der Waals surface area contributed by atoms with Crippen molar-refractivity contribution < 1.29 is 4.39 Å². The first-order chi connectivity index (χ1) is 8.31. The van der Waals surface area contributed by atoms with Crippen molar-refractivity contribution in [1.82, 2.24) is 20.1 Å². The highest BCUT2D eigenvalue weighted by Crippen LogP contribution is 2.08. The standard InChI is InChI=1S/C12H15FN4/c1-14-8-12-16-15-9-17(12)7-6-10-4-2-3-5-11(10)13/h2-5,9,14H,6-8H2,1H3. The fourth-order valence-corrected chi connectivity index (χ4v) is 1.70. The minimum Gasteiger partial charge on any atom is -0.316 e. The minimum absolute atomic E-state index is 0.157. The van der Waals surface area contributed by atoms with Gasteiger partial charge < -0.3 is 9.88 Å². The Balaban J connectivity index is 2.02. The zero-order valence-electron chi connectivity index (χ0n) is 9.73. The fraction of sp³-hybridized carbons (Fsp3) is 0.333. The van der Waals surface area contributed by atoms with E-state index in [1.807, 2.05) is 17.7 Å². The highest BCUT2D eigenvalue weighted by molar-refractivity contribution is 5.17. The van der Waals surface area contributed by atoms with Crippen molar-refractivity contribution in [3.8, 4) is 0 Å². The van der Waals surface area contributed by atoms with Crippen LogP contribution in [0.3, 0.4) is 0 Å². The normalized spacial score (nSPS) is 10.7. The molecule has 17 heavy (non-hydrogen) atoms.